The van der Waals surface area contributed by atoms with Crippen molar-refractivity contribution < 1.29 is 22.7 Å². The van der Waals surface area contributed by atoms with Crippen LogP contribution in [0.15, 0.2) is 72.8 Å². The van der Waals surface area contributed by atoms with Gasteiger partial charge in [-0.1, -0.05) is 48.5 Å². The quantitative estimate of drug-likeness (QED) is 0.518. The zero-order valence-corrected chi connectivity index (χ0v) is 18.4. The molecule has 0 aliphatic heterocycles. The molecule has 0 unspecified atom stereocenters. The summed E-state index contributed by atoms with van der Waals surface area (Å²) in [5.74, 6) is -0.449. The number of primary amides is 1. The number of hydrogen-bond acceptors (Lipinski definition) is 5. The molecule has 3 rings (SSSR count). The first-order valence-electron chi connectivity index (χ1n) is 9.85. The van der Waals surface area contributed by atoms with E-state index >= 15 is 0 Å². The molecule has 3 N–H and O–H groups in total. The van der Waals surface area contributed by atoms with Crippen molar-refractivity contribution in [1.82, 2.24) is 5.32 Å². The van der Waals surface area contributed by atoms with Crippen LogP contribution in [0, 0.1) is 0 Å². The van der Waals surface area contributed by atoms with Crippen molar-refractivity contribution in [2.24, 2.45) is 5.73 Å². The molecular formula is C24H24N2O5S. The summed E-state index contributed by atoms with van der Waals surface area (Å²) >= 11 is 0. The molecule has 0 aliphatic rings. The van der Waals surface area contributed by atoms with Gasteiger partial charge in [0.15, 0.2) is 9.84 Å². The van der Waals surface area contributed by atoms with Gasteiger partial charge < -0.3 is 15.8 Å². The first-order valence-corrected chi connectivity index (χ1v) is 11.9. The molecule has 0 atom stereocenters. The second-order valence-corrected chi connectivity index (χ2v) is 9.56. The van der Waals surface area contributed by atoms with Crippen LogP contribution in [0.1, 0.15) is 37.4 Å². The summed E-state index contributed by atoms with van der Waals surface area (Å²) in [7, 11) is -3.09. The normalized spacial score (nSPS) is 11.0. The van der Waals surface area contributed by atoms with Gasteiger partial charge in [0.1, 0.15) is 12.4 Å². The lowest BCUT2D eigenvalue weighted by Gasteiger charge is -2.11. The third-order valence-electron chi connectivity index (χ3n) is 4.64. The fourth-order valence-corrected chi connectivity index (χ4v) is 3.90. The number of rotatable bonds is 9. The Labute approximate surface area is 187 Å². The van der Waals surface area contributed by atoms with Gasteiger partial charge in [-0.2, -0.15) is 0 Å². The van der Waals surface area contributed by atoms with Crippen LogP contribution in [-0.2, 0) is 28.7 Å². The van der Waals surface area contributed by atoms with Crippen molar-refractivity contribution in [3.8, 4) is 5.75 Å². The summed E-state index contributed by atoms with van der Waals surface area (Å²) in [6, 6.07) is 20.8. The number of nitrogens with two attached hydrogens (primary N) is 1. The molecule has 0 saturated carbocycles. The Bertz CT molecular complexity index is 1220. The third kappa shape index (κ3) is 6.68. The van der Waals surface area contributed by atoms with Crippen LogP contribution in [0.4, 0.5) is 0 Å². The highest BCUT2D eigenvalue weighted by Crippen LogP contribution is 2.19. The number of hydrogen-bond donors (Lipinski definition) is 2. The molecule has 2 amide bonds. The molecule has 0 heterocycles. The first-order chi connectivity index (χ1) is 15.2. The van der Waals surface area contributed by atoms with Gasteiger partial charge in [-0.05, 0) is 41.0 Å². The molecule has 166 valence electrons. The van der Waals surface area contributed by atoms with Crippen LogP contribution in [0.3, 0.4) is 0 Å². The fourth-order valence-electron chi connectivity index (χ4n) is 3.10. The lowest BCUT2D eigenvalue weighted by molar-refractivity contribution is 0.0949. The predicted molar refractivity (Wildman–Crippen MR) is 122 cm³/mol. The summed E-state index contributed by atoms with van der Waals surface area (Å²) in [5, 5.41) is 2.85. The SMILES string of the molecule is CS(=O)(=O)Cc1ccc(CNC(=O)c2cccc(COc3ccccc3C(N)=O)c2)cc1. The monoisotopic (exact) mass is 452 g/mol. The molecule has 32 heavy (non-hydrogen) atoms. The van der Waals surface area contributed by atoms with Gasteiger partial charge in [0.25, 0.3) is 11.8 Å². The van der Waals surface area contributed by atoms with Crippen molar-refractivity contribution >= 4 is 21.7 Å². The van der Waals surface area contributed by atoms with E-state index in [-0.39, 0.29) is 18.3 Å². The number of ether oxygens (including phenoxy) is 1. The highest BCUT2D eigenvalue weighted by atomic mass is 32.2. The zero-order valence-electron chi connectivity index (χ0n) is 17.6. The van der Waals surface area contributed by atoms with E-state index in [1.807, 2.05) is 6.07 Å². The van der Waals surface area contributed by atoms with Crippen LogP contribution in [-0.4, -0.2) is 26.5 Å². The van der Waals surface area contributed by atoms with E-state index in [0.717, 1.165) is 11.1 Å². The smallest absolute Gasteiger partial charge is 0.252 e. The number of nitrogens with one attached hydrogen (secondary N) is 1. The van der Waals surface area contributed by atoms with Crippen LogP contribution in [0.2, 0.25) is 0 Å². The number of para-hydroxylation sites is 1. The molecular weight excluding hydrogens is 428 g/mol. The summed E-state index contributed by atoms with van der Waals surface area (Å²) in [6.45, 7) is 0.484. The number of benzene rings is 3. The van der Waals surface area contributed by atoms with Crippen molar-refractivity contribution in [2.75, 3.05) is 6.26 Å². The number of amides is 2. The van der Waals surface area contributed by atoms with Crippen molar-refractivity contribution in [3.05, 3.63) is 101 Å². The predicted octanol–water partition coefficient (Wildman–Crippen LogP) is 2.84. The minimum absolute atomic E-state index is 0.0155. The molecule has 0 fully saturated rings. The summed E-state index contributed by atoms with van der Waals surface area (Å²) in [4.78, 5) is 24.1. The molecule has 0 aromatic heterocycles. The lowest BCUT2D eigenvalue weighted by atomic mass is 10.1. The molecule has 8 heteroatoms. The molecule has 0 saturated heterocycles. The maximum atomic E-state index is 12.6. The fraction of sp³-hybridized carbons (Fsp3) is 0.167. The van der Waals surface area contributed by atoms with Crippen molar-refractivity contribution in [3.63, 3.8) is 0 Å². The highest BCUT2D eigenvalue weighted by Gasteiger charge is 2.10. The summed E-state index contributed by atoms with van der Waals surface area (Å²) in [6.07, 6.45) is 1.19. The number of carbonyl (C=O) groups is 2. The average molecular weight is 453 g/mol. The van der Waals surface area contributed by atoms with Crippen molar-refractivity contribution in [2.45, 2.75) is 18.9 Å². The Hall–Kier alpha value is -3.65. The zero-order chi connectivity index (χ0) is 23.1. The van der Waals surface area contributed by atoms with Crippen LogP contribution in [0.5, 0.6) is 5.75 Å². The topological polar surface area (TPSA) is 116 Å². The van der Waals surface area contributed by atoms with Gasteiger partial charge in [-0.15, -0.1) is 0 Å². The van der Waals surface area contributed by atoms with Crippen molar-refractivity contribution in [1.29, 1.82) is 0 Å². The molecule has 0 aliphatic carbocycles. The van der Waals surface area contributed by atoms with E-state index in [2.05, 4.69) is 5.32 Å². The Morgan fingerprint density at radius 3 is 2.28 bits per heavy atom. The molecule has 0 spiro atoms. The standard InChI is InChI=1S/C24H24N2O5S/c1-32(29,30)16-18-11-9-17(10-12-18)14-26-24(28)20-6-4-5-19(13-20)15-31-22-8-3-2-7-21(22)23(25)27/h2-13H,14-16H2,1H3,(H2,25,27)(H,26,28). The molecule has 0 radical (unpaired) electrons. The van der Waals surface area contributed by atoms with Gasteiger partial charge in [0.2, 0.25) is 0 Å². The number of sulfone groups is 1. The van der Waals surface area contributed by atoms with Crippen LogP contribution >= 0.6 is 0 Å². The summed E-state index contributed by atoms with van der Waals surface area (Å²) < 4.78 is 28.5. The van der Waals surface area contributed by atoms with Gasteiger partial charge in [0.05, 0.1) is 11.3 Å². The average Bonchev–Trinajstić information content (AvgIpc) is 2.76. The van der Waals surface area contributed by atoms with Crippen LogP contribution in [0.25, 0.3) is 0 Å². The molecule has 3 aromatic carbocycles. The minimum Gasteiger partial charge on any atom is -0.488 e. The van der Waals surface area contributed by atoms with E-state index in [0.29, 0.717) is 29.0 Å². The van der Waals surface area contributed by atoms with E-state index in [1.54, 1.807) is 66.7 Å². The second-order valence-electron chi connectivity index (χ2n) is 7.42. The van der Waals surface area contributed by atoms with Crippen LogP contribution < -0.4 is 15.8 Å². The number of carbonyl (C=O) groups excluding carboxylic acids is 2. The first kappa shape index (κ1) is 23.0. The molecule has 0 bridgehead atoms. The Morgan fingerprint density at radius 2 is 1.59 bits per heavy atom. The maximum Gasteiger partial charge on any atom is 0.252 e. The molecule has 7 nitrogen and oxygen atoms in total. The summed E-state index contributed by atoms with van der Waals surface area (Å²) in [5.41, 5.74) is 8.46. The minimum atomic E-state index is -3.09. The Balaban J connectivity index is 1.59. The van der Waals surface area contributed by atoms with E-state index in [1.165, 1.54) is 6.26 Å². The second kappa shape index (κ2) is 10.1. The van der Waals surface area contributed by atoms with E-state index in [4.69, 9.17) is 10.5 Å². The van der Waals surface area contributed by atoms with E-state index < -0.39 is 15.7 Å². The van der Waals surface area contributed by atoms with E-state index in [9.17, 15) is 18.0 Å². The molecule has 3 aromatic rings. The third-order valence-corrected chi connectivity index (χ3v) is 5.50. The van der Waals surface area contributed by atoms with Gasteiger partial charge in [-0.3, -0.25) is 9.59 Å². The van der Waals surface area contributed by atoms with Gasteiger partial charge in [-0.25, -0.2) is 8.42 Å². The Morgan fingerprint density at radius 1 is 0.906 bits per heavy atom. The lowest BCUT2D eigenvalue weighted by Crippen LogP contribution is -2.23. The Kier molecular flexibility index (Phi) is 7.27. The van der Waals surface area contributed by atoms with Gasteiger partial charge in [0, 0.05) is 18.4 Å². The van der Waals surface area contributed by atoms with Gasteiger partial charge >= 0.3 is 0 Å². The largest absolute Gasteiger partial charge is 0.488 e. The maximum absolute atomic E-state index is 12.6. The highest BCUT2D eigenvalue weighted by molar-refractivity contribution is 7.89.